The monoisotopic (exact) mass is 537 g/mol. The Morgan fingerprint density at radius 1 is 1.05 bits per heavy atom. The third-order valence-electron chi connectivity index (χ3n) is 5.95. The van der Waals surface area contributed by atoms with E-state index < -0.39 is 5.54 Å². The van der Waals surface area contributed by atoms with Crippen LogP contribution in [0, 0.1) is 5.82 Å². The summed E-state index contributed by atoms with van der Waals surface area (Å²) in [7, 11) is 0. The maximum absolute atomic E-state index is 13.4. The molecule has 0 unspecified atom stereocenters. The zero-order chi connectivity index (χ0) is 26.6. The summed E-state index contributed by atoms with van der Waals surface area (Å²) in [5.41, 5.74) is 7.52. The van der Waals surface area contributed by atoms with Crippen LogP contribution in [-0.2, 0) is 21.7 Å². The van der Waals surface area contributed by atoms with E-state index in [1.165, 1.54) is 12.1 Å². The first-order valence-electron chi connectivity index (χ1n) is 12.5. The lowest BCUT2D eigenvalue weighted by Gasteiger charge is -2.23. The highest BCUT2D eigenvalue weighted by molar-refractivity contribution is 7.98. The van der Waals surface area contributed by atoms with E-state index in [2.05, 4.69) is 10.9 Å². The molecule has 0 bridgehead atoms. The molecular formula is C29H32FN3O4S. The van der Waals surface area contributed by atoms with E-state index in [1.807, 2.05) is 54.6 Å². The minimum atomic E-state index is -1.11. The van der Waals surface area contributed by atoms with Crippen LogP contribution in [0.15, 0.2) is 83.9 Å². The molecule has 0 fully saturated rings. The van der Waals surface area contributed by atoms with Crippen molar-refractivity contribution >= 4 is 23.6 Å². The number of benzene rings is 3. The average molecular weight is 538 g/mol. The number of amides is 1. The van der Waals surface area contributed by atoms with E-state index in [9.17, 15) is 9.18 Å². The molecule has 0 radical (unpaired) electrons. The number of hydrogen-bond donors (Lipinski definition) is 3. The molecule has 1 heterocycles. The predicted molar refractivity (Wildman–Crippen MR) is 148 cm³/mol. The van der Waals surface area contributed by atoms with Crippen LogP contribution in [0.5, 0.6) is 5.75 Å². The summed E-state index contributed by atoms with van der Waals surface area (Å²) < 4.78 is 24.6. The van der Waals surface area contributed by atoms with Gasteiger partial charge in [-0.25, -0.2) is 14.8 Å². The van der Waals surface area contributed by atoms with E-state index in [0.29, 0.717) is 37.6 Å². The van der Waals surface area contributed by atoms with Crippen molar-refractivity contribution in [3.05, 3.63) is 101 Å². The molecule has 0 aliphatic carbocycles. The average Bonchev–Trinajstić information content (AvgIpc) is 3.38. The summed E-state index contributed by atoms with van der Waals surface area (Å²) >= 11 is 1.69. The van der Waals surface area contributed by atoms with Crippen molar-refractivity contribution in [3.63, 3.8) is 0 Å². The lowest BCUT2D eigenvalue weighted by atomic mass is 9.91. The number of rotatable bonds is 14. The van der Waals surface area contributed by atoms with Gasteiger partial charge in [-0.15, -0.1) is 0 Å². The molecule has 200 valence electrons. The van der Waals surface area contributed by atoms with Gasteiger partial charge in [-0.05, 0) is 47.5 Å². The maximum Gasteiger partial charge on any atom is 0.266 e. The molecule has 3 N–H and O–H groups in total. The van der Waals surface area contributed by atoms with Gasteiger partial charge in [0.05, 0.1) is 6.61 Å². The van der Waals surface area contributed by atoms with Crippen molar-refractivity contribution in [2.45, 2.75) is 24.1 Å². The number of ether oxygens (including phenoxy) is 2. The molecule has 0 saturated carbocycles. The predicted octanol–water partition coefficient (Wildman–Crippen LogP) is 3.90. The molecule has 3 aromatic carbocycles. The molecule has 7 nitrogen and oxygen atoms in total. The number of aliphatic hydroxyl groups is 1. The van der Waals surface area contributed by atoms with E-state index in [4.69, 9.17) is 19.6 Å². The van der Waals surface area contributed by atoms with E-state index >= 15 is 0 Å². The molecule has 1 aliphatic heterocycles. The Balaban J connectivity index is 1.36. The number of carbonyl (C=O) groups excluding carboxylic acids is 1. The number of aliphatic imine (C=N–C) groups is 1. The summed E-state index contributed by atoms with van der Waals surface area (Å²) in [6.07, 6.45) is 0.961. The van der Waals surface area contributed by atoms with Crippen LogP contribution in [-0.4, -0.2) is 54.6 Å². The van der Waals surface area contributed by atoms with Crippen LogP contribution in [0.2, 0.25) is 0 Å². The first kappa shape index (κ1) is 27.6. The third kappa shape index (κ3) is 7.80. The van der Waals surface area contributed by atoms with Crippen molar-refractivity contribution in [1.29, 1.82) is 0 Å². The highest BCUT2D eigenvalue weighted by atomic mass is 32.2. The number of nitrogens with one attached hydrogen (secondary N) is 2. The molecule has 0 aromatic heterocycles. The van der Waals surface area contributed by atoms with Gasteiger partial charge in [0, 0.05) is 43.1 Å². The minimum Gasteiger partial charge on any atom is -0.494 e. The lowest BCUT2D eigenvalue weighted by Crippen LogP contribution is -2.53. The van der Waals surface area contributed by atoms with Crippen molar-refractivity contribution in [3.8, 4) is 5.75 Å². The van der Waals surface area contributed by atoms with Crippen LogP contribution in [0.1, 0.15) is 23.1 Å². The smallest absolute Gasteiger partial charge is 0.266 e. The summed E-state index contributed by atoms with van der Waals surface area (Å²) in [6, 6.07) is 23.6. The number of hydrogen-bond acceptors (Lipinski definition) is 7. The second-order valence-corrected chi connectivity index (χ2v) is 10.0. The molecule has 1 atom stereocenters. The standard InChI is InChI=1S/C29H32FN3O4S/c30-25-11-7-23(8-12-25)20-38-18-15-31-33-28(35)29(19-22-5-2-1-3-6-22)21-37-27(32-29)24-9-13-26(14-10-24)36-17-4-16-34/h1-3,5-14,31,34H,4,15-21H2,(H,33,35)/t29-/m0/s1. The van der Waals surface area contributed by atoms with Crippen molar-refractivity contribution < 1.29 is 23.8 Å². The van der Waals surface area contributed by atoms with E-state index in [1.54, 1.807) is 23.9 Å². The Hall–Kier alpha value is -3.40. The molecule has 0 spiro atoms. The molecule has 38 heavy (non-hydrogen) atoms. The van der Waals surface area contributed by atoms with Gasteiger partial charge in [-0.2, -0.15) is 11.8 Å². The zero-order valence-corrected chi connectivity index (χ0v) is 21.9. The topological polar surface area (TPSA) is 92.2 Å². The maximum atomic E-state index is 13.4. The fourth-order valence-electron chi connectivity index (χ4n) is 3.92. The number of thioether (sulfide) groups is 1. The van der Waals surface area contributed by atoms with Gasteiger partial charge >= 0.3 is 0 Å². The Morgan fingerprint density at radius 3 is 2.55 bits per heavy atom. The SMILES string of the molecule is O=C(NNCCSCc1ccc(F)cc1)[C@]1(Cc2ccccc2)COC(c2ccc(OCCCO)cc2)=N1. The first-order valence-corrected chi connectivity index (χ1v) is 13.7. The van der Waals surface area contributed by atoms with Gasteiger partial charge in [-0.1, -0.05) is 42.5 Å². The van der Waals surface area contributed by atoms with E-state index in [0.717, 1.165) is 28.2 Å². The summed E-state index contributed by atoms with van der Waals surface area (Å²) in [6.45, 7) is 1.20. The van der Waals surface area contributed by atoms with Crippen molar-refractivity contribution in [2.24, 2.45) is 4.99 Å². The molecule has 4 rings (SSSR count). The zero-order valence-electron chi connectivity index (χ0n) is 21.1. The fraction of sp³-hybridized carbons (Fsp3) is 0.310. The van der Waals surface area contributed by atoms with Crippen molar-refractivity contribution in [2.75, 3.05) is 32.1 Å². The summed E-state index contributed by atoms with van der Waals surface area (Å²) in [4.78, 5) is 18.2. The first-order chi connectivity index (χ1) is 18.6. The Kier molecular flexibility index (Phi) is 10.1. The van der Waals surface area contributed by atoms with Crippen LogP contribution < -0.4 is 15.6 Å². The number of hydrazine groups is 1. The number of carbonyl (C=O) groups is 1. The lowest BCUT2D eigenvalue weighted by molar-refractivity contribution is -0.127. The minimum absolute atomic E-state index is 0.0813. The second-order valence-electron chi connectivity index (χ2n) is 8.91. The summed E-state index contributed by atoms with van der Waals surface area (Å²) in [5, 5.41) is 8.91. The van der Waals surface area contributed by atoms with Gasteiger partial charge in [-0.3, -0.25) is 10.2 Å². The van der Waals surface area contributed by atoms with E-state index in [-0.39, 0.29) is 24.9 Å². The van der Waals surface area contributed by atoms with Crippen molar-refractivity contribution in [1.82, 2.24) is 10.9 Å². The second kappa shape index (κ2) is 13.9. The molecular weight excluding hydrogens is 505 g/mol. The van der Waals surface area contributed by atoms with Crippen LogP contribution in [0.3, 0.4) is 0 Å². The van der Waals surface area contributed by atoms with Crippen LogP contribution >= 0.6 is 11.8 Å². The largest absolute Gasteiger partial charge is 0.494 e. The number of aliphatic hydroxyl groups excluding tert-OH is 1. The fourth-order valence-corrected chi connectivity index (χ4v) is 4.74. The Labute approximate surface area is 226 Å². The quantitative estimate of drug-likeness (QED) is 0.213. The van der Waals surface area contributed by atoms with Gasteiger partial charge in [0.15, 0.2) is 5.54 Å². The van der Waals surface area contributed by atoms with Gasteiger partial charge in [0.2, 0.25) is 5.90 Å². The molecule has 3 aromatic rings. The molecule has 9 heteroatoms. The third-order valence-corrected chi connectivity index (χ3v) is 6.98. The molecule has 1 aliphatic rings. The number of halogens is 1. The van der Waals surface area contributed by atoms with Gasteiger partial charge in [0.25, 0.3) is 5.91 Å². The van der Waals surface area contributed by atoms with Crippen LogP contribution in [0.25, 0.3) is 0 Å². The van der Waals surface area contributed by atoms with Gasteiger partial charge in [0.1, 0.15) is 18.2 Å². The Bertz CT molecular complexity index is 1190. The number of nitrogens with zero attached hydrogens (tertiary/aromatic N) is 1. The Morgan fingerprint density at radius 2 is 1.82 bits per heavy atom. The highest BCUT2D eigenvalue weighted by Crippen LogP contribution is 2.27. The molecule has 1 amide bonds. The highest BCUT2D eigenvalue weighted by Gasteiger charge is 2.44. The normalized spacial score (nSPS) is 16.5. The molecule has 0 saturated heterocycles. The summed E-state index contributed by atoms with van der Waals surface area (Å²) in [5.74, 6) is 2.13. The van der Waals surface area contributed by atoms with Gasteiger partial charge < -0.3 is 14.6 Å². The van der Waals surface area contributed by atoms with Crippen LogP contribution in [0.4, 0.5) is 4.39 Å².